The first-order chi connectivity index (χ1) is 8.47. The second-order valence-electron chi connectivity index (χ2n) is 5.25. The molecule has 3 nitrogen and oxygen atoms in total. The topological polar surface area (TPSA) is 41.3 Å². The van der Waals surface area contributed by atoms with Crippen LogP contribution in [0.15, 0.2) is 12.1 Å². The number of hydrogen-bond donors (Lipinski definition) is 2. The maximum absolute atomic E-state index is 5.79. The van der Waals surface area contributed by atoms with Gasteiger partial charge in [-0.25, -0.2) is 0 Å². The van der Waals surface area contributed by atoms with Crippen LogP contribution in [0.25, 0.3) is 0 Å². The van der Waals surface area contributed by atoms with Gasteiger partial charge in [-0.2, -0.15) is 0 Å². The first-order valence-corrected chi connectivity index (χ1v) is 7.50. The summed E-state index contributed by atoms with van der Waals surface area (Å²) < 4.78 is 0. The molecule has 1 heterocycles. The third-order valence-corrected chi connectivity index (χ3v) is 5.41. The van der Waals surface area contributed by atoms with E-state index < -0.39 is 0 Å². The molecule has 0 spiro atoms. The van der Waals surface area contributed by atoms with Crippen LogP contribution in [0.5, 0.6) is 0 Å². The van der Waals surface area contributed by atoms with E-state index >= 15 is 0 Å². The molecular formula is C14H27N3S. The van der Waals surface area contributed by atoms with E-state index in [0.717, 1.165) is 19.3 Å². The molecule has 0 aromatic carbocycles. The molecule has 0 fully saturated rings. The van der Waals surface area contributed by atoms with E-state index in [1.54, 1.807) is 0 Å². The smallest absolute Gasteiger partial charge is 0.0439 e. The molecule has 4 heteroatoms. The van der Waals surface area contributed by atoms with Gasteiger partial charge >= 0.3 is 0 Å². The van der Waals surface area contributed by atoms with Crippen molar-refractivity contribution < 1.29 is 0 Å². The lowest BCUT2D eigenvalue weighted by atomic mass is 9.86. The second kappa shape index (κ2) is 6.66. The molecule has 2 unspecified atom stereocenters. The van der Waals surface area contributed by atoms with Crippen LogP contribution < -0.4 is 11.3 Å². The highest BCUT2D eigenvalue weighted by atomic mass is 32.1. The van der Waals surface area contributed by atoms with E-state index in [-0.39, 0.29) is 11.6 Å². The van der Waals surface area contributed by atoms with Crippen molar-refractivity contribution in [2.24, 2.45) is 5.84 Å². The number of aryl methyl sites for hydroxylation is 1. The Labute approximate surface area is 115 Å². The van der Waals surface area contributed by atoms with Gasteiger partial charge in [-0.15, -0.1) is 11.3 Å². The Hall–Kier alpha value is -0.420. The fraction of sp³-hybridized carbons (Fsp3) is 0.714. The number of nitrogens with two attached hydrogens (primary N) is 1. The number of likely N-dealkylation sites (N-methyl/N-ethyl adjacent to an activating group) is 1. The Kier molecular flexibility index (Phi) is 5.79. The number of nitrogens with one attached hydrogen (secondary N) is 1. The highest BCUT2D eigenvalue weighted by molar-refractivity contribution is 7.11. The van der Waals surface area contributed by atoms with Crippen molar-refractivity contribution in [1.82, 2.24) is 10.3 Å². The third kappa shape index (κ3) is 3.32. The normalized spacial score (nSPS) is 16.8. The van der Waals surface area contributed by atoms with E-state index in [2.05, 4.69) is 57.3 Å². The Morgan fingerprint density at radius 1 is 1.33 bits per heavy atom. The maximum atomic E-state index is 5.79. The zero-order valence-corrected chi connectivity index (χ0v) is 13.1. The second-order valence-corrected chi connectivity index (χ2v) is 6.50. The minimum Gasteiger partial charge on any atom is -0.302 e. The van der Waals surface area contributed by atoms with Crippen molar-refractivity contribution in [3.8, 4) is 0 Å². The van der Waals surface area contributed by atoms with Crippen LogP contribution in [0.1, 0.15) is 36.9 Å². The Bertz CT molecular complexity index is 362. The van der Waals surface area contributed by atoms with Crippen LogP contribution in [0.4, 0.5) is 0 Å². The van der Waals surface area contributed by atoms with Gasteiger partial charge in [0.05, 0.1) is 0 Å². The SMILES string of the molecule is CCc1ccc(CC(NN)C(C)(CC)N(C)C)s1. The highest BCUT2D eigenvalue weighted by Crippen LogP contribution is 2.26. The molecule has 1 rings (SSSR count). The van der Waals surface area contributed by atoms with Gasteiger partial charge in [0.25, 0.3) is 0 Å². The fourth-order valence-electron chi connectivity index (χ4n) is 2.26. The summed E-state index contributed by atoms with van der Waals surface area (Å²) in [6.45, 7) is 6.69. The third-order valence-electron chi connectivity index (χ3n) is 4.16. The predicted octanol–water partition coefficient (Wildman–Crippen LogP) is 2.42. The zero-order chi connectivity index (χ0) is 13.8. The van der Waals surface area contributed by atoms with E-state index in [0.29, 0.717) is 0 Å². The summed E-state index contributed by atoms with van der Waals surface area (Å²) in [6, 6.07) is 4.73. The van der Waals surface area contributed by atoms with Crippen LogP contribution in [0.2, 0.25) is 0 Å². The molecule has 1 aromatic rings. The van der Waals surface area contributed by atoms with Crippen LogP contribution in [-0.4, -0.2) is 30.6 Å². The number of hydrogen-bond acceptors (Lipinski definition) is 4. The summed E-state index contributed by atoms with van der Waals surface area (Å²) in [5.74, 6) is 5.79. The molecule has 1 aromatic heterocycles. The van der Waals surface area contributed by atoms with Gasteiger partial charge in [0.15, 0.2) is 0 Å². The molecule has 0 aliphatic heterocycles. The van der Waals surface area contributed by atoms with E-state index in [4.69, 9.17) is 5.84 Å². The highest BCUT2D eigenvalue weighted by Gasteiger charge is 2.34. The van der Waals surface area contributed by atoms with Crippen molar-refractivity contribution in [3.63, 3.8) is 0 Å². The minimum absolute atomic E-state index is 0.0745. The van der Waals surface area contributed by atoms with Gasteiger partial charge in [0.2, 0.25) is 0 Å². The first-order valence-electron chi connectivity index (χ1n) is 6.69. The molecule has 0 bridgehead atoms. The van der Waals surface area contributed by atoms with E-state index in [1.165, 1.54) is 9.75 Å². The minimum atomic E-state index is 0.0745. The van der Waals surface area contributed by atoms with Gasteiger partial charge in [0, 0.05) is 27.8 Å². The molecule has 2 atom stereocenters. The van der Waals surface area contributed by atoms with Gasteiger partial charge in [-0.1, -0.05) is 13.8 Å². The average Bonchev–Trinajstić information content (AvgIpc) is 2.82. The lowest BCUT2D eigenvalue weighted by Crippen LogP contribution is -2.59. The van der Waals surface area contributed by atoms with Gasteiger partial charge in [-0.05, 0) is 46.0 Å². The van der Waals surface area contributed by atoms with Crippen LogP contribution in [-0.2, 0) is 12.8 Å². The summed E-state index contributed by atoms with van der Waals surface area (Å²) in [7, 11) is 4.25. The molecule has 0 saturated carbocycles. The Morgan fingerprint density at radius 3 is 2.33 bits per heavy atom. The largest absolute Gasteiger partial charge is 0.302 e. The van der Waals surface area contributed by atoms with Crippen LogP contribution >= 0.6 is 11.3 Å². The van der Waals surface area contributed by atoms with Gasteiger partial charge in [0.1, 0.15) is 0 Å². The van der Waals surface area contributed by atoms with E-state index in [9.17, 15) is 0 Å². The molecule has 3 N–H and O–H groups in total. The summed E-state index contributed by atoms with van der Waals surface area (Å²) in [6.07, 6.45) is 3.18. The van der Waals surface area contributed by atoms with Crippen molar-refractivity contribution in [2.75, 3.05) is 14.1 Å². The molecule has 0 radical (unpaired) electrons. The summed E-state index contributed by atoms with van der Waals surface area (Å²) >= 11 is 1.90. The van der Waals surface area contributed by atoms with E-state index in [1.807, 2.05) is 11.3 Å². The van der Waals surface area contributed by atoms with Gasteiger partial charge < -0.3 is 4.90 Å². The van der Waals surface area contributed by atoms with Crippen molar-refractivity contribution in [3.05, 3.63) is 21.9 Å². The molecular weight excluding hydrogens is 242 g/mol. The quantitative estimate of drug-likeness (QED) is 0.590. The molecule has 0 aliphatic carbocycles. The number of rotatable bonds is 7. The first kappa shape index (κ1) is 15.6. The van der Waals surface area contributed by atoms with Crippen molar-refractivity contribution in [2.45, 2.75) is 51.6 Å². The lowest BCUT2D eigenvalue weighted by Gasteiger charge is -2.42. The zero-order valence-electron chi connectivity index (χ0n) is 12.3. The number of thiophene rings is 1. The summed E-state index contributed by atoms with van der Waals surface area (Å²) in [5.41, 5.74) is 3.09. The molecule has 18 heavy (non-hydrogen) atoms. The monoisotopic (exact) mass is 269 g/mol. The molecule has 0 saturated heterocycles. The number of hydrazine groups is 1. The molecule has 104 valence electrons. The average molecular weight is 269 g/mol. The van der Waals surface area contributed by atoms with Crippen molar-refractivity contribution in [1.29, 1.82) is 0 Å². The Morgan fingerprint density at radius 2 is 1.94 bits per heavy atom. The predicted molar refractivity (Wildman–Crippen MR) is 80.9 cm³/mol. The van der Waals surface area contributed by atoms with Crippen LogP contribution in [0.3, 0.4) is 0 Å². The van der Waals surface area contributed by atoms with Gasteiger partial charge in [-0.3, -0.25) is 11.3 Å². The standard InChI is InChI=1S/C14H27N3S/c1-6-11-8-9-12(18-11)10-13(16-15)14(3,7-2)17(4)5/h8-9,13,16H,6-7,10,15H2,1-5H3. The fourth-order valence-corrected chi connectivity index (χ4v) is 3.26. The summed E-state index contributed by atoms with van der Waals surface area (Å²) in [4.78, 5) is 5.13. The van der Waals surface area contributed by atoms with Crippen molar-refractivity contribution >= 4 is 11.3 Å². The Balaban J connectivity index is 2.83. The lowest BCUT2D eigenvalue weighted by molar-refractivity contribution is 0.113. The molecule has 0 aliphatic rings. The molecule has 0 amide bonds. The van der Waals surface area contributed by atoms with Crippen LogP contribution in [0, 0.1) is 0 Å². The maximum Gasteiger partial charge on any atom is 0.0439 e. The number of nitrogens with zero attached hydrogens (tertiary/aromatic N) is 1. The summed E-state index contributed by atoms with van der Waals surface area (Å²) in [5, 5.41) is 0.